The first kappa shape index (κ1) is 14.8. The lowest BCUT2D eigenvalue weighted by atomic mass is 10.1. The molecule has 2 rings (SSSR count). The van der Waals surface area contributed by atoms with E-state index < -0.39 is 5.97 Å². The van der Waals surface area contributed by atoms with Gasteiger partial charge in [-0.15, -0.1) is 0 Å². The number of aromatic nitrogens is 1. The fraction of sp³-hybridized carbons (Fsp3) is 0.250. The molecule has 5 nitrogen and oxygen atoms in total. The molecule has 0 unspecified atom stereocenters. The number of carboxylic acid groups (broad SMARTS) is 1. The number of carbonyl (C=O) groups excluding carboxylic acids is 1. The van der Waals surface area contributed by atoms with E-state index >= 15 is 0 Å². The molecule has 2 aromatic rings. The van der Waals surface area contributed by atoms with Crippen LogP contribution in [0.25, 0.3) is 0 Å². The van der Waals surface area contributed by atoms with Crippen LogP contribution < -0.4 is 5.32 Å². The van der Waals surface area contributed by atoms with Gasteiger partial charge in [0.15, 0.2) is 0 Å². The van der Waals surface area contributed by atoms with E-state index in [4.69, 9.17) is 5.11 Å². The topological polar surface area (TPSA) is 71.3 Å². The first-order valence-corrected chi connectivity index (χ1v) is 6.77. The maximum absolute atomic E-state index is 12.4. The number of carboxylic acids is 1. The highest BCUT2D eigenvalue weighted by atomic mass is 16.4. The quantitative estimate of drug-likeness (QED) is 0.887. The maximum atomic E-state index is 12.4. The van der Waals surface area contributed by atoms with Gasteiger partial charge in [-0.1, -0.05) is 18.2 Å². The molecule has 2 N–H and O–H groups in total. The van der Waals surface area contributed by atoms with E-state index in [2.05, 4.69) is 5.32 Å². The highest BCUT2D eigenvalue weighted by molar-refractivity contribution is 6.03. The van der Waals surface area contributed by atoms with Crippen molar-refractivity contribution < 1.29 is 14.7 Å². The van der Waals surface area contributed by atoms with Crippen LogP contribution in [0.5, 0.6) is 0 Å². The van der Waals surface area contributed by atoms with Gasteiger partial charge in [-0.25, -0.2) is 0 Å². The predicted octanol–water partition coefficient (Wildman–Crippen LogP) is 2.95. The average molecular weight is 286 g/mol. The number of aliphatic carboxylic acids is 1. The van der Waals surface area contributed by atoms with Crippen LogP contribution in [0.4, 0.5) is 5.69 Å². The van der Waals surface area contributed by atoms with Gasteiger partial charge in [0.05, 0.1) is 6.42 Å². The molecule has 21 heavy (non-hydrogen) atoms. The first-order chi connectivity index (χ1) is 9.99. The molecule has 110 valence electrons. The Kier molecular flexibility index (Phi) is 4.42. The Morgan fingerprint density at radius 1 is 1.19 bits per heavy atom. The number of hydrogen-bond acceptors (Lipinski definition) is 2. The number of amides is 1. The number of hydrogen-bond donors (Lipinski definition) is 2. The zero-order valence-corrected chi connectivity index (χ0v) is 12.0. The van der Waals surface area contributed by atoms with Gasteiger partial charge in [-0.2, -0.15) is 0 Å². The van der Waals surface area contributed by atoms with Gasteiger partial charge in [0.1, 0.15) is 5.69 Å². The number of carbonyl (C=O) groups is 2. The third kappa shape index (κ3) is 3.51. The van der Waals surface area contributed by atoms with Crippen molar-refractivity contribution in [2.24, 2.45) is 0 Å². The van der Waals surface area contributed by atoms with Crippen molar-refractivity contribution in [3.8, 4) is 0 Å². The van der Waals surface area contributed by atoms with E-state index in [0.717, 1.165) is 0 Å². The summed E-state index contributed by atoms with van der Waals surface area (Å²) < 4.78 is 1.87. The molecule has 1 heterocycles. The summed E-state index contributed by atoms with van der Waals surface area (Å²) in [6.45, 7) is 3.99. The van der Waals surface area contributed by atoms with Gasteiger partial charge < -0.3 is 15.0 Å². The van der Waals surface area contributed by atoms with Crippen LogP contribution in [0.15, 0.2) is 42.6 Å². The van der Waals surface area contributed by atoms with Crippen molar-refractivity contribution >= 4 is 17.6 Å². The molecule has 0 saturated heterocycles. The molecule has 0 radical (unpaired) electrons. The van der Waals surface area contributed by atoms with Crippen LogP contribution in [0.1, 0.15) is 35.9 Å². The molecule has 0 aliphatic heterocycles. The molecule has 1 aromatic carbocycles. The fourth-order valence-electron chi connectivity index (χ4n) is 2.18. The predicted molar refractivity (Wildman–Crippen MR) is 80.6 cm³/mol. The van der Waals surface area contributed by atoms with E-state index in [1.165, 1.54) is 0 Å². The Balaban J connectivity index is 2.24. The van der Waals surface area contributed by atoms with Gasteiger partial charge in [0.2, 0.25) is 0 Å². The SMILES string of the molecule is CC(C)n1cccc1C(=O)Nc1ccccc1CC(=O)O. The molecule has 5 heteroatoms. The second-order valence-electron chi connectivity index (χ2n) is 5.08. The maximum Gasteiger partial charge on any atom is 0.307 e. The van der Waals surface area contributed by atoms with Crippen molar-refractivity contribution in [3.05, 3.63) is 53.9 Å². The van der Waals surface area contributed by atoms with Crippen molar-refractivity contribution in [2.45, 2.75) is 26.3 Å². The van der Waals surface area contributed by atoms with Crippen molar-refractivity contribution in [3.63, 3.8) is 0 Å². The van der Waals surface area contributed by atoms with E-state index in [-0.39, 0.29) is 18.4 Å². The Hall–Kier alpha value is -2.56. The molecule has 0 aliphatic rings. The summed E-state index contributed by atoms with van der Waals surface area (Å²) in [5.74, 6) is -1.17. The molecular formula is C16H18N2O3. The lowest BCUT2D eigenvalue weighted by Crippen LogP contribution is -2.19. The minimum absolute atomic E-state index is 0.123. The lowest BCUT2D eigenvalue weighted by molar-refractivity contribution is -0.136. The molecule has 0 saturated carbocycles. The second-order valence-corrected chi connectivity index (χ2v) is 5.08. The molecule has 0 aliphatic carbocycles. The summed E-state index contributed by atoms with van der Waals surface area (Å²) in [4.78, 5) is 23.2. The van der Waals surface area contributed by atoms with Crippen LogP contribution in [-0.4, -0.2) is 21.6 Å². The van der Waals surface area contributed by atoms with Crippen molar-refractivity contribution in [1.82, 2.24) is 4.57 Å². The molecule has 0 bridgehead atoms. The van der Waals surface area contributed by atoms with Gasteiger partial charge in [0.25, 0.3) is 5.91 Å². The third-order valence-electron chi connectivity index (χ3n) is 3.18. The zero-order valence-electron chi connectivity index (χ0n) is 12.0. The molecule has 0 fully saturated rings. The Morgan fingerprint density at radius 3 is 2.57 bits per heavy atom. The van der Waals surface area contributed by atoms with Crippen LogP contribution in [-0.2, 0) is 11.2 Å². The van der Waals surface area contributed by atoms with E-state index in [9.17, 15) is 9.59 Å². The fourth-order valence-corrected chi connectivity index (χ4v) is 2.18. The summed E-state index contributed by atoms with van der Waals surface area (Å²) >= 11 is 0. The zero-order chi connectivity index (χ0) is 15.4. The lowest BCUT2D eigenvalue weighted by Gasteiger charge is -2.14. The Labute approximate surface area is 123 Å². The van der Waals surface area contributed by atoms with E-state index in [0.29, 0.717) is 16.9 Å². The summed E-state index contributed by atoms with van der Waals surface area (Å²) in [7, 11) is 0. The normalized spacial score (nSPS) is 10.6. The van der Waals surface area contributed by atoms with E-state index in [1.54, 1.807) is 30.3 Å². The smallest absolute Gasteiger partial charge is 0.307 e. The summed E-state index contributed by atoms with van der Waals surface area (Å²) in [5, 5.41) is 11.7. The highest BCUT2D eigenvalue weighted by Crippen LogP contribution is 2.18. The van der Waals surface area contributed by atoms with Gasteiger partial charge in [-0.3, -0.25) is 9.59 Å². The third-order valence-corrected chi connectivity index (χ3v) is 3.18. The van der Waals surface area contributed by atoms with Crippen LogP contribution in [0, 0.1) is 0 Å². The standard InChI is InChI=1S/C16H18N2O3/c1-11(2)18-9-5-8-14(18)16(21)17-13-7-4-3-6-12(13)10-15(19)20/h3-9,11H,10H2,1-2H3,(H,17,21)(H,19,20). The molecule has 1 amide bonds. The average Bonchev–Trinajstić information content (AvgIpc) is 2.90. The molecular weight excluding hydrogens is 268 g/mol. The molecule has 0 spiro atoms. The summed E-state index contributed by atoms with van der Waals surface area (Å²) in [5.41, 5.74) is 1.66. The van der Waals surface area contributed by atoms with Crippen molar-refractivity contribution in [2.75, 3.05) is 5.32 Å². The molecule has 0 atom stereocenters. The molecule has 1 aromatic heterocycles. The largest absolute Gasteiger partial charge is 0.481 e. The first-order valence-electron chi connectivity index (χ1n) is 6.77. The highest BCUT2D eigenvalue weighted by Gasteiger charge is 2.15. The monoisotopic (exact) mass is 286 g/mol. The Morgan fingerprint density at radius 2 is 1.90 bits per heavy atom. The van der Waals surface area contributed by atoms with Crippen LogP contribution in [0.2, 0.25) is 0 Å². The van der Waals surface area contributed by atoms with Gasteiger partial charge in [0, 0.05) is 17.9 Å². The summed E-state index contributed by atoms with van der Waals surface area (Å²) in [6, 6.07) is 10.7. The minimum atomic E-state index is -0.928. The summed E-state index contributed by atoms with van der Waals surface area (Å²) in [6.07, 6.45) is 1.73. The minimum Gasteiger partial charge on any atom is -0.481 e. The number of nitrogens with one attached hydrogen (secondary N) is 1. The van der Waals surface area contributed by atoms with Crippen LogP contribution in [0.3, 0.4) is 0 Å². The number of anilines is 1. The number of nitrogens with zero attached hydrogens (tertiary/aromatic N) is 1. The van der Waals surface area contributed by atoms with Crippen molar-refractivity contribution in [1.29, 1.82) is 0 Å². The number of para-hydroxylation sites is 1. The van der Waals surface area contributed by atoms with Gasteiger partial charge in [-0.05, 0) is 37.6 Å². The van der Waals surface area contributed by atoms with E-state index in [1.807, 2.05) is 30.7 Å². The Bertz CT molecular complexity index is 659. The number of rotatable bonds is 5. The van der Waals surface area contributed by atoms with Crippen LogP contribution >= 0.6 is 0 Å². The van der Waals surface area contributed by atoms with Gasteiger partial charge >= 0.3 is 5.97 Å². The number of benzene rings is 1. The second kappa shape index (κ2) is 6.26.